The molecule has 1 saturated carbocycles. The van der Waals surface area contributed by atoms with Crippen molar-refractivity contribution >= 4 is 0 Å². The van der Waals surface area contributed by atoms with Crippen LogP contribution in [-0.4, -0.2) is 0 Å². The first kappa shape index (κ1) is 12.6. The fourth-order valence-electron chi connectivity index (χ4n) is 3.31. The maximum absolute atomic E-state index is 5.80. The first-order valence-electron chi connectivity index (χ1n) is 6.88. The Labute approximate surface area is 105 Å². The van der Waals surface area contributed by atoms with Crippen molar-refractivity contribution in [3.05, 3.63) is 35.9 Å². The summed E-state index contributed by atoms with van der Waals surface area (Å²) in [6.45, 7) is 2.31. The van der Waals surface area contributed by atoms with Crippen LogP contribution in [0.2, 0.25) is 0 Å². The number of benzene rings is 1. The average Bonchev–Trinajstić information content (AvgIpc) is 2.41. The summed E-state index contributed by atoms with van der Waals surface area (Å²) in [6.07, 6.45) is 6.69. The molecule has 0 aliphatic heterocycles. The Kier molecular flexibility index (Phi) is 4.57. The zero-order valence-electron chi connectivity index (χ0n) is 10.7. The predicted octanol–water partition coefficient (Wildman–Crippen LogP) is 3.41. The van der Waals surface area contributed by atoms with Gasteiger partial charge in [-0.3, -0.25) is 11.3 Å². The van der Waals surface area contributed by atoms with Crippen molar-refractivity contribution in [2.45, 2.75) is 45.1 Å². The lowest BCUT2D eigenvalue weighted by atomic mass is 9.72. The Bertz CT molecular complexity index is 323. The number of nitrogens with one attached hydrogen (secondary N) is 1. The highest BCUT2D eigenvalue weighted by Gasteiger charge is 2.30. The van der Waals surface area contributed by atoms with Crippen LogP contribution < -0.4 is 11.3 Å². The van der Waals surface area contributed by atoms with Gasteiger partial charge in [-0.2, -0.15) is 0 Å². The normalized spacial score (nSPS) is 26.7. The highest BCUT2D eigenvalue weighted by Crippen LogP contribution is 2.39. The summed E-state index contributed by atoms with van der Waals surface area (Å²) in [5.74, 6) is 7.32. The van der Waals surface area contributed by atoms with Gasteiger partial charge in [-0.15, -0.1) is 0 Å². The maximum atomic E-state index is 5.80. The SMILES string of the molecule is CCC1CCCCC1C(NN)c1ccccc1. The molecule has 1 fully saturated rings. The largest absolute Gasteiger partial charge is 0.271 e. The van der Waals surface area contributed by atoms with E-state index >= 15 is 0 Å². The van der Waals surface area contributed by atoms with E-state index in [1.165, 1.54) is 37.7 Å². The average molecular weight is 232 g/mol. The summed E-state index contributed by atoms with van der Waals surface area (Å²) >= 11 is 0. The molecule has 0 spiro atoms. The van der Waals surface area contributed by atoms with Crippen LogP contribution in [0, 0.1) is 11.8 Å². The summed E-state index contributed by atoms with van der Waals surface area (Å²) in [5, 5.41) is 0. The van der Waals surface area contributed by atoms with E-state index in [0.29, 0.717) is 12.0 Å². The van der Waals surface area contributed by atoms with E-state index in [2.05, 4.69) is 42.7 Å². The molecule has 1 aliphatic rings. The summed E-state index contributed by atoms with van der Waals surface area (Å²) in [7, 11) is 0. The molecular weight excluding hydrogens is 208 g/mol. The lowest BCUT2D eigenvalue weighted by Gasteiger charge is -2.36. The van der Waals surface area contributed by atoms with E-state index in [9.17, 15) is 0 Å². The van der Waals surface area contributed by atoms with Crippen LogP contribution in [0.25, 0.3) is 0 Å². The Balaban J connectivity index is 2.16. The van der Waals surface area contributed by atoms with Crippen molar-refractivity contribution in [2.75, 3.05) is 0 Å². The zero-order chi connectivity index (χ0) is 12.1. The topological polar surface area (TPSA) is 38.0 Å². The van der Waals surface area contributed by atoms with Gasteiger partial charge in [-0.1, -0.05) is 62.9 Å². The molecule has 2 nitrogen and oxygen atoms in total. The fourth-order valence-corrected chi connectivity index (χ4v) is 3.31. The minimum Gasteiger partial charge on any atom is -0.271 e. The van der Waals surface area contributed by atoms with Gasteiger partial charge in [0.15, 0.2) is 0 Å². The highest BCUT2D eigenvalue weighted by atomic mass is 15.2. The van der Waals surface area contributed by atoms with Gasteiger partial charge < -0.3 is 0 Å². The minimum absolute atomic E-state index is 0.321. The zero-order valence-corrected chi connectivity index (χ0v) is 10.7. The molecule has 3 N–H and O–H groups in total. The summed E-state index contributed by atoms with van der Waals surface area (Å²) < 4.78 is 0. The van der Waals surface area contributed by atoms with Crippen molar-refractivity contribution in [3.8, 4) is 0 Å². The van der Waals surface area contributed by atoms with Gasteiger partial charge in [-0.25, -0.2) is 0 Å². The molecule has 1 aromatic carbocycles. The van der Waals surface area contributed by atoms with E-state index in [1.807, 2.05) is 0 Å². The quantitative estimate of drug-likeness (QED) is 0.616. The van der Waals surface area contributed by atoms with Crippen molar-refractivity contribution in [2.24, 2.45) is 17.7 Å². The first-order valence-corrected chi connectivity index (χ1v) is 6.88. The summed E-state index contributed by atoms with van der Waals surface area (Å²) in [6, 6.07) is 11.0. The van der Waals surface area contributed by atoms with Gasteiger partial charge in [0.25, 0.3) is 0 Å². The smallest absolute Gasteiger partial charge is 0.0490 e. The highest BCUT2D eigenvalue weighted by molar-refractivity contribution is 5.20. The number of hydrazine groups is 1. The van der Waals surface area contributed by atoms with Crippen LogP contribution in [0.4, 0.5) is 0 Å². The molecular formula is C15H24N2. The molecule has 3 unspecified atom stereocenters. The molecule has 17 heavy (non-hydrogen) atoms. The number of nitrogens with two attached hydrogens (primary N) is 1. The lowest BCUT2D eigenvalue weighted by molar-refractivity contribution is 0.176. The monoisotopic (exact) mass is 232 g/mol. The van der Waals surface area contributed by atoms with Gasteiger partial charge in [0, 0.05) is 6.04 Å². The van der Waals surface area contributed by atoms with E-state index in [4.69, 9.17) is 5.84 Å². The van der Waals surface area contributed by atoms with Crippen LogP contribution in [0.3, 0.4) is 0 Å². The Morgan fingerprint density at radius 3 is 2.59 bits per heavy atom. The van der Waals surface area contributed by atoms with Crippen LogP contribution in [0.1, 0.15) is 50.6 Å². The third-order valence-electron chi connectivity index (χ3n) is 4.26. The molecule has 0 aromatic heterocycles. The molecule has 0 bridgehead atoms. The second kappa shape index (κ2) is 6.18. The van der Waals surface area contributed by atoms with Gasteiger partial charge in [0.2, 0.25) is 0 Å². The molecule has 0 amide bonds. The van der Waals surface area contributed by atoms with Gasteiger partial charge >= 0.3 is 0 Å². The van der Waals surface area contributed by atoms with E-state index < -0.39 is 0 Å². The number of hydrogen-bond acceptors (Lipinski definition) is 2. The molecule has 0 heterocycles. The minimum atomic E-state index is 0.321. The third-order valence-corrected chi connectivity index (χ3v) is 4.26. The lowest BCUT2D eigenvalue weighted by Crippen LogP contribution is -2.38. The predicted molar refractivity (Wildman–Crippen MR) is 72.2 cm³/mol. The van der Waals surface area contributed by atoms with Crippen LogP contribution >= 0.6 is 0 Å². The standard InChI is InChI=1S/C15H24N2/c1-2-12-8-6-7-11-14(12)15(17-16)13-9-4-3-5-10-13/h3-5,9-10,12,14-15,17H,2,6-8,11,16H2,1H3. The third kappa shape index (κ3) is 2.88. The number of rotatable bonds is 4. The maximum Gasteiger partial charge on any atom is 0.0490 e. The number of hydrogen-bond donors (Lipinski definition) is 2. The van der Waals surface area contributed by atoms with Gasteiger partial charge in [-0.05, 0) is 23.8 Å². The molecule has 1 aliphatic carbocycles. The second-order valence-corrected chi connectivity index (χ2v) is 5.17. The molecule has 94 valence electrons. The Morgan fingerprint density at radius 2 is 1.94 bits per heavy atom. The Hall–Kier alpha value is -0.860. The molecule has 2 rings (SSSR count). The molecule has 1 aromatic rings. The van der Waals surface area contributed by atoms with Crippen molar-refractivity contribution in [1.29, 1.82) is 0 Å². The summed E-state index contributed by atoms with van der Waals surface area (Å²) in [4.78, 5) is 0. The van der Waals surface area contributed by atoms with Crippen LogP contribution in [0.15, 0.2) is 30.3 Å². The molecule has 2 heteroatoms. The summed E-state index contributed by atoms with van der Waals surface area (Å²) in [5.41, 5.74) is 4.39. The van der Waals surface area contributed by atoms with E-state index in [0.717, 1.165) is 5.92 Å². The van der Waals surface area contributed by atoms with Crippen molar-refractivity contribution < 1.29 is 0 Å². The first-order chi connectivity index (χ1) is 8.36. The van der Waals surface area contributed by atoms with Crippen molar-refractivity contribution in [3.63, 3.8) is 0 Å². The molecule has 3 atom stereocenters. The molecule has 0 saturated heterocycles. The fraction of sp³-hybridized carbons (Fsp3) is 0.600. The Morgan fingerprint density at radius 1 is 1.24 bits per heavy atom. The van der Waals surface area contributed by atoms with Crippen molar-refractivity contribution in [1.82, 2.24) is 5.43 Å². The van der Waals surface area contributed by atoms with Crippen LogP contribution in [0.5, 0.6) is 0 Å². The van der Waals surface area contributed by atoms with E-state index in [-0.39, 0.29) is 0 Å². The van der Waals surface area contributed by atoms with Gasteiger partial charge in [0.05, 0.1) is 0 Å². The van der Waals surface area contributed by atoms with E-state index in [1.54, 1.807) is 0 Å². The molecule has 0 radical (unpaired) electrons. The second-order valence-electron chi connectivity index (χ2n) is 5.17. The van der Waals surface area contributed by atoms with Gasteiger partial charge in [0.1, 0.15) is 0 Å². The van der Waals surface area contributed by atoms with Crippen LogP contribution in [-0.2, 0) is 0 Å².